The maximum absolute atomic E-state index is 12.9. The number of fused-ring (bicyclic) bond motifs is 1. The van der Waals surface area contributed by atoms with Gasteiger partial charge in [0.25, 0.3) is 0 Å². The highest BCUT2D eigenvalue weighted by atomic mass is 19.1. The molecule has 1 atom stereocenters. The molecule has 21 heavy (non-hydrogen) atoms. The van der Waals surface area contributed by atoms with Crippen LogP contribution in [-0.2, 0) is 12.0 Å². The van der Waals surface area contributed by atoms with Crippen LogP contribution in [0.1, 0.15) is 18.1 Å². The quantitative estimate of drug-likeness (QED) is 0.791. The summed E-state index contributed by atoms with van der Waals surface area (Å²) in [6, 6.07) is 15.9. The first-order chi connectivity index (χ1) is 10.0. The fraction of sp³-hybridized carbons (Fsp3) is 0.167. The van der Waals surface area contributed by atoms with Crippen LogP contribution in [0.4, 0.5) is 4.39 Å². The van der Waals surface area contributed by atoms with Crippen molar-refractivity contribution in [3.05, 3.63) is 77.7 Å². The van der Waals surface area contributed by atoms with Crippen molar-refractivity contribution in [1.82, 2.24) is 4.98 Å². The lowest BCUT2D eigenvalue weighted by Crippen LogP contribution is -2.24. The Kier molecular flexibility index (Phi) is 3.43. The van der Waals surface area contributed by atoms with Crippen LogP contribution in [0.25, 0.3) is 10.9 Å². The first-order valence-electron chi connectivity index (χ1n) is 6.87. The van der Waals surface area contributed by atoms with E-state index in [9.17, 15) is 9.50 Å². The topological polar surface area (TPSA) is 33.1 Å². The summed E-state index contributed by atoms with van der Waals surface area (Å²) in [6.07, 6.45) is 2.16. The lowest BCUT2D eigenvalue weighted by atomic mass is 9.88. The standard InChI is InChI=1S/C18H16FNO/c1-18(21,12-13-4-8-16(19)9-5-13)15-7-6-14-3-2-10-20-17(14)11-15/h2-11,21H,12H2,1H3. The molecule has 2 aromatic carbocycles. The molecule has 0 saturated carbocycles. The second-order valence-corrected chi connectivity index (χ2v) is 5.49. The average Bonchev–Trinajstić information content (AvgIpc) is 2.49. The highest BCUT2D eigenvalue weighted by Gasteiger charge is 2.24. The summed E-state index contributed by atoms with van der Waals surface area (Å²) in [4.78, 5) is 4.31. The maximum Gasteiger partial charge on any atom is 0.123 e. The highest BCUT2D eigenvalue weighted by Crippen LogP contribution is 2.27. The van der Waals surface area contributed by atoms with Crippen LogP contribution in [0.2, 0.25) is 0 Å². The van der Waals surface area contributed by atoms with Crippen molar-refractivity contribution in [2.45, 2.75) is 18.9 Å². The Morgan fingerprint density at radius 1 is 1.10 bits per heavy atom. The van der Waals surface area contributed by atoms with Gasteiger partial charge in [-0.1, -0.05) is 30.3 Å². The molecule has 1 aromatic heterocycles. The summed E-state index contributed by atoms with van der Waals surface area (Å²) in [7, 11) is 0. The summed E-state index contributed by atoms with van der Waals surface area (Å²) in [5.74, 6) is -0.270. The van der Waals surface area contributed by atoms with Gasteiger partial charge in [0, 0.05) is 18.0 Å². The van der Waals surface area contributed by atoms with Crippen molar-refractivity contribution in [2.75, 3.05) is 0 Å². The monoisotopic (exact) mass is 281 g/mol. The van der Waals surface area contributed by atoms with Crippen molar-refractivity contribution in [2.24, 2.45) is 0 Å². The van der Waals surface area contributed by atoms with Gasteiger partial charge < -0.3 is 5.11 Å². The number of rotatable bonds is 3. The van der Waals surface area contributed by atoms with E-state index in [2.05, 4.69) is 4.98 Å². The lowest BCUT2D eigenvalue weighted by molar-refractivity contribution is 0.0577. The van der Waals surface area contributed by atoms with Gasteiger partial charge in [-0.3, -0.25) is 4.98 Å². The predicted molar refractivity (Wildman–Crippen MR) is 81.4 cm³/mol. The Balaban J connectivity index is 1.93. The molecule has 3 rings (SSSR count). The summed E-state index contributed by atoms with van der Waals surface area (Å²) >= 11 is 0. The van der Waals surface area contributed by atoms with Gasteiger partial charge in [0.2, 0.25) is 0 Å². The molecule has 1 heterocycles. The number of halogens is 1. The fourth-order valence-electron chi connectivity index (χ4n) is 2.50. The number of hydrogen-bond donors (Lipinski definition) is 1. The summed E-state index contributed by atoms with van der Waals surface area (Å²) < 4.78 is 12.9. The molecule has 1 N–H and O–H groups in total. The van der Waals surface area contributed by atoms with Crippen molar-refractivity contribution in [3.8, 4) is 0 Å². The van der Waals surface area contributed by atoms with Gasteiger partial charge in [-0.2, -0.15) is 0 Å². The smallest absolute Gasteiger partial charge is 0.123 e. The summed E-state index contributed by atoms with van der Waals surface area (Å²) in [5, 5.41) is 11.8. The van der Waals surface area contributed by atoms with E-state index in [0.717, 1.165) is 22.0 Å². The minimum Gasteiger partial charge on any atom is -0.385 e. The van der Waals surface area contributed by atoms with Crippen LogP contribution in [-0.4, -0.2) is 10.1 Å². The first kappa shape index (κ1) is 13.7. The molecule has 0 aliphatic rings. The molecule has 0 bridgehead atoms. The van der Waals surface area contributed by atoms with Gasteiger partial charge in [-0.25, -0.2) is 4.39 Å². The Labute approximate surface area is 122 Å². The van der Waals surface area contributed by atoms with Crippen LogP contribution in [0.5, 0.6) is 0 Å². The van der Waals surface area contributed by atoms with Crippen molar-refractivity contribution in [1.29, 1.82) is 0 Å². The highest BCUT2D eigenvalue weighted by molar-refractivity contribution is 5.79. The minimum absolute atomic E-state index is 0.270. The number of aliphatic hydroxyl groups is 1. The van der Waals surface area contributed by atoms with Gasteiger partial charge in [0.1, 0.15) is 5.82 Å². The molecule has 1 unspecified atom stereocenters. The third-order valence-corrected chi connectivity index (χ3v) is 3.69. The summed E-state index contributed by atoms with van der Waals surface area (Å²) in [6.45, 7) is 1.76. The normalized spacial score (nSPS) is 14.0. The van der Waals surface area contributed by atoms with Gasteiger partial charge in [0.05, 0.1) is 11.1 Å². The first-order valence-corrected chi connectivity index (χ1v) is 6.87. The number of benzene rings is 2. The lowest BCUT2D eigenvalue weighted by Gasteiger charge is -2.24. The van der Waals surface area contributed by atoms with E-state index in [4.69, 9.17) is 0 Å². The van der Waals surface area contributed by atoms with E-state index in [1.165, 1.54) is 12.1 Å². The molecule has 3 heteroatoms. The molecule has 2 nitrogen and oxygen atoms in total. The average molecular weight is 281 g/mol. The molecule has 0 aliphatic carbocycles. The van der Waals surface area contributed by atoms with Gasteiger partial charge in [-0.05, 0) is 42.3 Å². The van der Waals surface area contributed by atoms with E-state index in [-0.39, 0.29) is 5.82 Å². The van der Waals surface area contributed by atoms with E-state index in [1.54, 1.807) is 25.3 Å². The number of aromatic nitrogens is 1. The molecular formula is C18H16FNO. The van der Waals surface area contributed by atoms with E-state index >= 15 is 0 Å². The fourth-order valence-corrected chi connectivity index (χ4v) is 2.50. The molecule has 0 spiro atoms. The Hall–Kier alpha value is -2.26. The van der Waals surface area contributed by atoms with Crippen LogP contribution < -0.4 is 0 Å². The largest absolute Gasteiger partial charge is 0.385 e. The van der Waals surface area contributed by atoms with Gasteiger partial charge in [-0.15, -0.1) is 0 Å². The van der Waals surface area contributed by atoms with Crippen LogP contribution >= 0.6 is 0 Å². The third kappa shape index (κ3) is 2.93. The zero-order chi connectivity index (χ0) is 14.9. The van der Waals surface area contributed by atoms with E-state index in [0.29, 0.717) is 6.42 Å². The molecule has 0 radical (unpaired) electrons. The van der Waals surface area contributed by atoms with E-state index in [1.807, 2.05) is 30.3 Å². The predicted octanol–water partition coefficient (Wildman–Crippen LogP) is 3.82. The van der Waals surface area contributed by atoms with Crippen molar-refractivity contribution in [3.63, 3.8) is 0 Å². The van der Waals surface area contributed by atoms with Crippen molar-refractivity contribution >= 4 is 10.9 Å². The Bertz CT molecular complexity index is 766. The Morgan fingerprint density at radius 3 is 2.62 bits per heavy atom. The van der Waals surface area contributed by atoms with Gasteiger partial charge >= 0.3 is 0 Å². The number of hydrogen-bond acceptors (Lipinski definition) is 2. The molecule has 0 amide bonds. The van der Waals surface area contributed by atoms with Crippen LogP contribution in [0, 0.1) is 5.82 Å². The minimum atomic E-state index is -1.02. The molecular weight excluding hydrogens is 265 g/mol. The molecule has 0 aliphatic heterocycles. The van der Waals surface area contributed by atoms with Crippen LogP contribution in [0.15, 0.2) is 60.8 Å². The Morgan fingerprint density at radius 2 is 1.86 bits per heavy atom. The number of nitrogens with zero attached hydrogens (tertiary/aromatic N) is 1. The van der Waals surface area contributed by atoms with Gasteiger partial charge in [0.15, 0.2) is 0 Å². The van der Waals surface area contributed by atoms with Crippen LogP contribution in [0.3, 0.4) is 0 Å². The second-order valence-electron chi connectivity index (χ2n) is 5.49. The zero-order valence-electron chi connectivity index (χ0n) is 11.8. The van der Waals surface area contributed by atoms with E-state index < -0.39 is 5.60 Å². The molecule has 3 aromatic rings. The van der Waals surface area contributed by atoms with Crippen molar-refractivity contribution < 1.29 is 9.50 Å². The zero-order valence-corrected chi connectivity index (χ0v) is 11.8. The molecule has 0 saturated heterocycles. The molecule has 106 valence electrons. The second kappa shape index (κ2) is 5.26. The number of pyridine rings is 1. The molecule has 0 fully saturated rings. The third-order valence-electron chi connectivity index (χ3n) is 3.69. The maximum atomic E-state index is 12.9. The summed E-state index contributed by atoms with van der Waals surface area (Å²) in [5.41, 5.74) is 1.53. The SMILES string of the molecule is CC(O)(Cc1ccc(F)cc1)c1ccc2cccnc2c1.